The molecule has 0 radical (unpaired) electrons. The number of hydrogen-bond donors (Lipinski definition) is 2. The molecule has 0 bridgehead atoms. The number of nitrogens with zero attached hydrogens (tertiary/aromatic N) is 3. The summed E-state index contributed by atoms with van der Waals surface area (Å²) in [5.74, 6) is -0.997. The largest absolute Gasteiger partial charge is 0.476 e. The van der Waals surface area contributed by atoms with Crippen molar-refractivity contribution < 1.29 is 14.6 Å². The van der Waals surface area contributed by atoms with Gasteiger partial charge in [-0.3, -0.25) is 9.58 Å². The molecule has 1 aromatic rings. The zero-order valence-corrected chi connectivity index (χ0v) is 14.7. The Hall–Kier alpha value is -1.44. The highest BCUT2D eigenvalue weighted by Crippen LogP contribution is 2.20. The lowest BCUT2D eigenvalue weighted by molar-refractivity contribution is -0.0952. The van der Waals surface area contributed by atoms with Gasteiger partial charge in [-0.25, -0.2) is 4.79 Å². The molecule has 2 rings (SSSR count). The number of rotatable bonds is 6. The highest BCUT2D eigenvalue weighted by Gasteiger charge is 2.32. The lowest BCUT2D eigenvalue weighted by atomic mass is 10.00. The molecule has 0 spiro atoms. The summed E-state index contributed by atoms with van der Waals surface area (Å²) < 4.78 is 7.41. The Bertz CT molecular complexity index is 546. The smallest absolute Gasteiger partial charge is 0.356 e. The number of carboxylic acids is 1. The predicted molar refractivity (Wildman–Crippen MR) is 87.5 cm³/mol. The Labute approximate surface area is 137 Å². The minimum Gasteiger partial charge on any atom is -0.476 e. The van der Waals surface area contributed by atoms with Crippen molar-refractivity contribution in [1.29, 1.82) is 0 Å². The van der Waals surface area contributed by atoms with Crippen molar-refractivity contribution in [3.63, 3.8) is 0 Å². The van der Waals surface area contributed by atoms with Crippen LogP contribution in [0.25, 0.3) is 0 Å². The molecule has 1 aliphatic heterocycles. The summed E-state index contributed by atoms with van der Waals surface area (Å²) >= 11 is 0. The zero-order valence-electron chi connectivity index (χ0n) is 14.7. The van der Waals surface area contributed by atoms with Gasteiger partial charge in [-0.05, 0) is 33.8 Å². The van der Waals surface area contributed by atoms with Crippen LogP contribution in [-0.4, -0.2) is 63.1 Å². The third kappa shape index (κ3) is 4.53. The third-order valence-corrected chi connectivity index (χ3v) is 4.34. The van der Waals surface area contributed by atoms with E-state index < -0.39 is 5.97 Å². The molecule has 23 heavy (non-hydrogen) atoms. The van der Waals surface area contributed by atoms with Crippen LogP contribution in [0.3, 0.4) is 0 Å². The first kappa shape index (κ1) is 17.9. The summed E-state index contributed by atoms with van der Waals surface area (Å²) in [5, 5.41) is 16.4. The van der Waals surface area contributed by atoms with Crippen LogP contribution < -0.4 is 5.32 Å². The average Bonchev–Trinajstić information content (AvgIpc) is 2.79. The first-order valence-corrected chi connectivity index (χ1v) is 8.06. The molecule has 1 fully saturated rings. The van der Waals surface area contributed by atoms with Crippen molar-refractivity contribution in [3.05, 3.63) is 17.5 Å². The molecular weight excluding hydrogens is 296 g/mol. The van der Waals surface area contributed by atoms with E-state index in [0.717, 1.165) is 25.3 Å². The highest BCUT2D eigenvalue weighted by atomic mass is 16.5. The van der Waals surface area contributed by atoms with Crippen LogP contribution in [0.1, 0.15) is 43.9 Å². The second-order valence-corrected chi connectivity index (χ2v) is 7.03. The van der Waals surface area contributed by atoms with Crippen LogP contribution in [-0.2, 0) is 18.3 Å². The first-order valence-electron chi connectivity index (χ1n) is 8.06. The van der Waals surface area contributed by atoms with Gasteiger partial charge in [0.15, 0.2) is 5.69 Å². The molecule has 1 saturated heterocycles. The van der Waals surface area contributed by atoms with Gasteiger partial charge < -0.3 is 15.2 Å². The van der Waals surface area contributed by atoms with E-state index in [1.54, 1.807) is 17.8 Å². The molecule has 2 unspecified atom stereocenters. The molecule has 0 aliphatic carbocycles. The monoisotopic (exact) mass is 324 g/mol. The van der Waals surface area contributed by atoms with E-state index in [0.29, 0.717) is 6.54 Å². The molecule has 7 nitrogen and oxygen atoms in total. The Morgan fingerprint density at radius 1 is 1.43 bits per heavy atom. The minimum absolute atomic E-state index is 0.000517. The van der Waals surface area contributed by atoms with Gasteiger partial charge in [0.25, 0.3) is 0 Å². The zero-order chi connectivity index (χ0) is 17.2. The van der Waals surface area contributed by atoms with Gasteiger partial charge in [0.1, 0.15) is 0 Å². The third-order valence-electron chi connectivity index (χ3n) is 4.34. The lowest BCUT2D eigenvalue weighted by Crippen LogP contribution is -2.58. The molecule has 130 valence electrons. The summed E-state index contributed by atoms with van der Waals surface area (Å²) in [6.45, 7) is 11.9. The molecule has 7 heteroatoms. The number of carbonyl (C=O) groups is 1. The summed E-state index contributed by atoms with van der Waals surface area (Å²) in [7, 11) is 1.76. The van der Waals surface area contributed by atoms with Crippen molar-refractivity contribution in [2.24, 2.45) is 7.05 Å². The van der Waals surface area contributed by atoms with Crippen molar-refractivity contribution in [3.8, 4) is 0 Å². The topological polar surface area (TPSA) is 79.6 Å². The standard InChI is InChI=1S/C16H28N4O3/c1-11-8-20(9-12(2)23-11)16(3,4)10-17-7-13-6-14(15(21)22)18-19(13)5/h6,11-12,17H,7-10H2,1-5H3,(H,21,22). The van der Waals surface area contributed by atoms with E-state index in [9.17, 15) is 4.79 Å². The Kier molecular flexibility index (Phi) is 5.44. The number of morpholine rings is 1. The number of aromatic nitrogens is 2. The molecule has 2 heterocycles. The van der Waals surface area contributed by atoms with Gasteiger partial charge in [-0.1, -0.05) is 0 Å². The minimum atomic E-state index is -0.997. The fourth-order valence-corrected chi connectivity index (χ4v) is 3.06. The summed E-state index contributed by atoms with van der Waals surface area (Å²) in [6, 6.07) is 1.61. The summed E-state index contributed by atoms with van der Waals surface area (Å²) in [5.41, 5.74) is 0.946. The van der Waals surface area contributed by atoms with E-state index in [2.05, 4.69) is 43.0 Å². The van der Waals surface area contributed by atoms with E-state index in [4.69, 9.17) is 9.84 Å². The van der Waals surface area contributed by atoms with Crippen LogP contribution in [0.2, 0.25) is 0 Å². The van der Waals surface area contributed by atoms with Gasteiger partial charge >= 0.3 is 5.97 Å². The van der Waals surface area contributed by atoms with Crippen LogP contribution in [0.4, 0.5) is 0 Å². The fraction of sp³-hybridized carbons (Fsp3) is 0.750. The van der Waals surface area contributed by atoms with Crippen LogP contribution in [0.15, 0.2) is 6.07 Å². The normalized spacial score (nSPS) is 23.2. The molecular formula is C16H28N4O3. The molecule has 0 aromatic carbocycles. The van der Waals surface area contributed by atoms with Gasteiger partial charge in [-0.2, -0.15) is 5.10 Å². The van der Waals surface area contributed by atoms with E-state index in [-0.39, 0.29) is 23.4 Å². The van der Waals surface area contributed by atoms with Crippen LogP contribution in [0.5, 0.6) is 0 Å². The van der Waals surface area contributed by atoms with Gasteiger partial charge in [0.2, 0.25) is 0 Å². The van der Waals surface area contributed by atoms with Crippen molar-refractivity contribution in [2.45, 2.75) is 52.0 Å². The quantitative estimate of drug-likeness (QED) is 0.816. The predicted octanol–water partition coefficient (Wildman–Crippen LogP) is 1.10. The maximum Gasteiger partial charge on any atom is 0.356 e. The molecule has 1 aromatic heterocycles. The fourth-order valence-electron chi connectivity index (χ4n) is 3.06. The number of aromatic carboxylic acids is 1. The van der Waals surface area contributed by atoms with E-state index in [1.807, 2.05) is 0 Å². The molecule has 0 amide bonds. The van der Waals surface area contributed by atoms with Crippen LogP contribution >= 0.6 is 0 Å². The average molecular weight is 324 g/mol. The number of nitrogens with one attached hydrogen (secondary N) is 1. The molecule has 2 atom stereocenters. The van der Waals surface area contributed by atoms with Crippen molar-refractivity contribution in [1.82, 2.24) is 20.0 Å². The SMILES string of the molecule is CC1CN(C(C)(C)CNCc2cc(C(=O)O)nn2C)CC(C)O1. The molecule has 0 saturated carbocycles. The number of carboxylic acid groups (broad SMARTS) is 1. The number of aryl methyl sites for hydroxylation is 1. The lowest BCUT2D eigenvalue weighted by Gasteiger charge is -2.45. The van der Waals surface area contributed by atoms with Crippen LogP contribution in [0, 0.1) is 0 Å². The van der Waals surface area contributed by atoms with Gasteiger partial charge in [0, 0.05) is 38.8 Å². The molecule has 1 aliphatic rings. The second kappa shape index (κ2) is 6.98. The molecule has 2 N–H and O–H groups in total. The maximum absolute atomic E-state index is 11.0. The Balaban J connectivity index is 1.90. The Morgan fingerprint density at radius 3 is 2.57 bits per heavy atom. The van der Waals surface area contributed by atoms with E-state index >= 15 is 0 Å². The first-order chi connectivity index (χ1) is 10.7. The number of hydrogen-bond acceptors (Lipinski definition) is 5. The van der Waals surface area contributed by atoms with Crippen molar-refractivity contribution in [2.75, 3.05) is 19.6 Å². The van der Waals surface area contributed by atoms with Gasteiger partial charge in [-0.15, -0.1) is 0 Å². The van der Waals surface area contributed by atoms with Crippen molar-refractivity contribution >= 4 is 5.97 Å². The number of ether oxygens (including phenoxy) is 1. The maximum atomic E-state index is 11.0. The van der Waals surface area contributed by atoms with E-state index in [1.165, 1.54) is 0 Å². The van der Waals surface area contributed by atoms with Gasteiger partial charge in [0.05, 0.1) is 17.9 Å². The summed E-state index contributed by atoms with van der Waals surface area (Å²) in [4.78, 5) is 13.4. The second-order valence-electron chi connectivity index (χ2n) is 7.03. The highest BCUT2D eigenvalue weighted by molar-refractivity contribution is 5.85. The Morgan fingerprint density at radius 2 is 2.04 bits per heavy atom. The summed E-state index contributed by atoms with van der Waals surface area (Å²) in [6.07, 6.45) is 0.487.